The number of hydrogen-bond donors (Lipinski definition) is 0. The van der Waals surface area contributed by atoms with Gasteiger partial charge in [0, 0.05) is 22.1 Å². The number of rotatable bonds is 7. The van der Waals surface area contributed by atoms with Gasteiger partial charge in [-0.3, -0.25) is 0 Å². The molecule has 0 saturated carbocycles. The second-order valence-electron chi connectivity index (χ2n) is 13.7. The summed E-state index contributed by atoms with van der Waals surface area (Å²) in [5.41, 5.74) is 14.3. The molecule has 0 atom stereocenters. The quantitative estimate of drug-likeness (QED) is 0.166. The molecule has 2 nitrogen and oxygen atoms in total. The van der Waals surface area contributed by atoms with Crippen molar-refractivity contribution in [2.24, 2.45) is 0 Å². The minimum absolute atomic E-state index is 0.860. The lowest BCUT2D eigenvalue weighted by Gasteiger charge is -2.27. The number of hydrogen-bond acceptors (Lipinski definition) is 2. The molecule has 9 aromatic carbocycles. The van der Waals surface area contributed by atoms with Crippen LogP contribution in [0.3, 0.4) is 0 Å². The summed E-state index contributed by atoms with van der Waals surface area (Å²) in [4.78, 5) is 2.33. The molecule has 0 saturated heterocycles. The van der Waals surface area contributed by atoms with E-state index in [-0.39, 0.29) is 0 Å². The van der Waals surface area contributed by atoms with Gasteiger partial charge in [-0.1, -0.05) is 164 Å². The Morgan fingerprint density at radius 1 is 0.315 bits per heavy atom. The van der Waals surface area contributed by atoms with Crippen molar-refractivity contribution >= 4 is 49.8 Å². The van der Waals surface area contributed by atoms with Gasteiger partial charge in [0.2, 0.25) is 0 Å². The van der Waals surface area contributed by atoms with Crippen molar-refractivity contribution in [1.82, 2.24) is 0 Å². The molecule has 1 heterocycles. The van der Waals surface area contributed by atoms with E-state index in [0.29, 0.717) is 0 Å². The predicted octanol–water partition coefficient (Wildman–Crippen LogP) is 14.9. The van der Waals surface area contributed by atoms with Gasteiger partial charge in [-0.25, -0.2) is 0 Å². The zero-order valence-corrected chi connectivity index (χ0v) is 29.6. The first-order valence-electron chi connectivity index (χ1n) is 18.4. The molecule has 54 heavy (non-hydrogen) atoms. The summed E-state index contributed by atoms with van der Waals surface area (Å²) < 4.78 is 6.65. The summed E-state index contributed by atoms with van der Waals surface area (Å²) in [5.74, 6) is 0. The summed E-state index contributed by atoms with van der Waals surface area (Å²) >= 11 is 0. The maximum atomic E-state index is 6.65. The molecule has 0 fully saturated rings. The number of fused-ring (bicyclic) bond motifs is 4. The number of nitrogens with zero attached hydrogens (tertiary/aromatic N) is 1. The molecule has 0 amide bonds. The van der Waals surface area contributed by atoms with E-state index in [1.54, 1.807) is 0 Å². The second kappa shape index (κ2) is 13.4. The van der Waals surface area contributed by atoms with Crippen LogP contribution in [0.2, 0.25) is 0 Å². The molecule has 2 heteroatoms. The highest BCUT2D eigenvalue weighted by Gasteiger charge is 2.21. The minimum atomic E-state index is 0.860. The van der Waals surface area contributed by atoms with Gasteiger partial charge in [0.25, 0.3) is 0 Å². The van der Waals surface area contributed by atoms with Crippen LogP contribution in [-0.2, 0) is 0 Å². The predicted molar refractivity (Wildman–Crippen MR) is 228 cm³/mol. The highest BCUT2D eigenvalue weighted by Crippen LogP contribution is 2.45. The molecule has 0 N–H and O–H groups in total. The van der Waals surface area contributed by atoms with E-state index in [2.05, 4.69) is 205 Å². The fourth-order valence-electron chi connectivity index (χ4n) is 7.78. The van der Waals surface area contributed by atoms with Crippen molar-refractivity contribution in [2.45, 2.75) is 0 Å². The number of para-hydroxylation sites is 2. The van der Waals surface area contributed by atoms with Gasteiger partial charge in [-0.2, -0.15) is 0 Å². The van der Waals surface area contributed by atoms with Gasteiger partial charge >= 0.3 is 0 Å². The Bertz CT molecular complexity index is 2920. The highest BCUT2D eigenvalue weighted by atomic mass is 16.3. The fraction of sp³-hybridized carbons (Fsp3) is 0. The smallest absolute Gasteiger partial charge is 0.159 e. The molecule has 0 spiro atoms. The summed E-state index contributed by atoms with van der Waals surface area (Å²) in [6.45, 7) is 0. The van der Waals surface area contributed by atoms with Gasteiger partial charge in [0.1, 0.15) is 5.58 Å². The summed E-state index contributed by atoms with van der Waals surface area (Å²) in [7, 11) is 0. The molecule has 10 aromatic rings. The van der Waals surface area contributed by atoms with E-state index in [0.717, 1.165) is 44.6 Å². The number of benzene rings is 9. The van der Waals surface area contributed by atoms with E-state index in [9.17, 15) is 0 Å². The van der Waals surface area contributed by atoms with E-state index in [1.165, 1.54) is 49.7 Å². The van der Waals surface area contributed by atoms with E-state index in [1.807, 2.05) is 12.1 Å². The van der Waals surface area contributed by atoms with Crippen LogP contribution in [0.5, 0.6) is 0 Å². The second-order valence-corrected chi connectivity index (χ2v) is 13.7. The van der Waals surface area contributed by atoms with Crippen LogP contribution in [0, 0.1) is 0 Å². The Labute approximate surface area is 314 Å². The van der Waals surface area contributed by atoms with E-state index < -0.39 is 0 Å². The van der Waals surface area contributed by atoms with E-state index in [4.69, 9.17) is 4.42 Å². The lowest BCUT2D eigenvalue weighted by atomic mass is 9.93. The fourth-order valence-corrected chi connectivity index (χ4v) is 7.78. The van der Waals surface area contributed by atoms with Gasteiger partial charge in [-0.15, -0.1) is 0 Å². The molecular formula is C52H35NO. The van der Waals surface area contributed by atoms with Crippen LogP contribution in [0.1, 0.15) is 0 Å². The standard InChI is InChI=1S/C52H35NO/c1-3-14-38(15-4-1)46-32-31-45(35-49(46)39-16-5-2-6-17-39)53(50-23-12-22-48-47-21-9-10-24-51(47)54-52(48)50)44-29-27-37(28-30-44)41-19-11-20-42(33-41)43-26-25-36-13-7-8-18-40(36)34-43/h1-35H. The minimum Gasteiger partial charge on any atom is -0.454 e. The molecule has 0 unspecified atom stereocenters. The first-order chi connectivity index (χ1) is 26.8. The maximum Gasteiger partial charge on any atom is 0.159 e. The summed E-state index contributed by atoms with van der Waals surface area (Å²) in [5, 5.41) is 4.71. The molecule has 0 aliphatic rings. The van der Waals surface area contributed by atoms with Crippen molar-refractivity contribution in [3.05, 3.63) is 212 Å². The Morgan fingerprint density at radius 3 is 1.69 bits per heavy atom. The zero-order chi connectivity index (χ0) is 35.8. The van der Waals surface area contributed by atoms with Crippen molar-refractivity contribution in [1.29, 1.82) is 0 Å². The molecule has 0 bridgehead atoms. The SMILES string of the molecule is c1ccc(-c2ccc(N(c3ccc(-c4cccc(-c5ccc6ccccc6c5)c4)cc3)c3cccc4c3oc3ccccc34)cc2-c2ccccc2)cc1. The van der Waals surface area contributed by atoms with Crippen molar-refractivity contribution in [2.75, 3.05) is 4.90 Å². The maximum absolute atomic E-state index is 6.65. The Kier molecular flexibility index (Phi) is 7.85. The van der Waals surface area contributed by atoms with Gasteiger partial charge in [-0.05, 0) is 104 Å². The molecule has 1 aromatic heterocycles. The Balaban J connectivity index is 1.11. The van der Waals surface area contributed by atoms with Crippen LogP contribution in [0.25, 0.3) is 77.2 Å². The Morgan fingerprint density at radius 2 is 0.889 bits per heavy atom. The van der Waals surface area contributed by atoms with Crippen molar-refractivity contribution in [3.63, 3.8) is 0 Å². The van der Waals surface area contributed by atoms with E-state index >= 15 is 0 Å². The lowest BCUT2D eigenvalue weighted by Crippen LogP contribution is -2.10. The van der Waals surface area contributed by atoms with Crippen LogP contribution >= 0.6 is 0 Å². The molecule has 254 valence electrons. The number of furan rings is 1. The summed E-state index contributed by atoms with van der Waals surface area (Å²) in [6, 6.07) is 75.9. The largest absolute Gasteiger partial charge is 0.454 e. The molecular weight excluding hydrogens is 655 g/mol. The third kappa shape index (κ3) is 5.71. The average Bonchev–Trinajstić information content (AvgIpc) is 3.64. The first kappa shape index (κ1) is 31.6. The summed E-state index contributed by atoms with van der Waals surface area (Å²) in [6.07, 6.45) is 0. The number of anilines is 3. The first-order valence-corrected chi connectivity index (χ1v) is 18.4. The zero-order valence-electron chi connectivity index (χ0n) is 29.6. The lowest BCUT2D eigenvalue weighted by molar-refractivity contribution is 0.669. The van der Waals surface area contributed by atoms with Crippen LogP contribution in [0.4, 0.5) is 17.1 Å². The van der Waals surface area contributed by atoms with Gasteiger partial charge in [0.05, 0.1) is 5.69 Å². The Hall–Kier alpha value is -7.16. The normalized spacial score (nSPS) is 11.3. The van der Waals surface area contributed by atoms with Crippen LogP contribution in [0.15, 0.2) is 217 Å². The third-order valence-electron chi connectivity index (χ3n) is 10.5. The topological polar surface area (TPSA) is 16.4 Å². The molecule has 0 aliphatic carbocycles. The molecule has 0 radical (unpaired) electrons. The molecule has 0 aliphatic heterocycles. The van der Waals surface area contributed by atoms with Gasteiger partial charge in [0.15, 0.2) is 5.58 Å². The van der Waals surface area contributed by atoms with Crippen LogP contribution in [-0.4, -0.2) is 0 Å². The average molecular weight is 690 g/mol. The molecule has 10 rings (SSSR count). The van der Waals surface area contributed by atoms with Crippen molar-refractivity contribution < 1.29 is 4.42 Å². The highest BCUT2D eigenvalue weighted by molar-refractivity contribution is 6.10. The third-order valence-corrected chi connectivity index (χ3v) is 10.5. The van der Waals surface area contributed by atoms with Gasteiger partial charge < -0.3 is 9.32 Å². The van der Waals surface area contributed by atoms with Crippen molar-refractivity contribution in [3.8, 4) is 44.5 Å². The van der Waals surface area contributed by atoms with Crippen LogP contribution < -0.4 is 4.90 Å². The monoisotopic (exact) mass is 689 g/mol.